The summed E-state index contributed by atoms with van der Waals surface area (Å²) in [6, 6.07) is 14.4. The maximum Gasteiger partial charge on any atom is 0.283 e. The maximum absolute atomic E-state index is 11.5. The van der Waals surface area contributed by atoms with Crippen LogP contribution < -0.4 is 0 Å². The number of hydrogen-bond donors (Lipinski definition) is 0. The van der Waals surface area contributed by atoms with E-state index in [0.29, 0.717) is 15.6 Å². The minimum Gasteiger partial charge on any atom is -0.258 e. The number of aliphatic imine (C=N–C) groups is 1. The molecule has 136 valence electrons. The van der Waals surface area contributed by atoms with Crippen molar-refractivity contribution in [2.75, 3.05) is 0 Å². The molecule has 0 atom stereocenters. The predicted molar refractivity (Wildman–Crippen MR) is 110 cm³/mol. The van der Waals surface area contributed by atoms with Gasteiger partial charge in [-0.25, -0.2) is 9.97 Å². The first kappa shape index (κ1) is 19.2. The summed E-state index contributed by atoms with van der Waals surface area (Å²) in [7, 11) is 0. The molecule has 0 spiro atoms. The van der Waals surface area contributed by atoms with Gasteiger partial charge in [0.1, 0.15) is 0 Å². The van der Waals surface area contributed by atoms with Crippen molar-refractivity contribution in [3.8, 4) is 0 Å². The quantitative estimate of drug-likeness (QED) is 0.220. The molecule has 3 aromatic rings. The van der Waals surface area contributed by atoms with Gasteiger partial charge in [-0.1, -0.05) is 28.1 Å². The summed E-state index contributed by atoms with van der Waals surface area (Å²) in [4.78, 5) is 24.6. The zero-order valence-corrected chi connectivity index (χ0v) is 17.0. The van der Waals surface area contributed by atoms with E-state index in [1.54, 1.807) is 18.3 Å². The number of nitro benzene ring substituents is 1. The minimum atomic E-state index is -0.401. The molecule has 0 saturated heterocycles. The number of benzene rings is 2. The van der Waals surface area contributed by atoms with Crippen molar-refractivity contribution in [1.29, 1.82) is 0 Å². The van der Waals surface area contributed by atoms with Gasteiger partial charge in [-0.15, -0.1) is 0 Å². The normalized spacial score (nSPS) is 11.1. The largest absolute Gasteiger partial charge is 0.283 e. The van der Waals surface area contributed by atoms with E-state index in [-0.39, 0.29) is 5.69 Å². The van der Waals surface area contributed by atoms with Crippen molar-refractivity contribution in [2.45, 2.75) is 23.9 Å². The number of nitrogens with zero attached hydrogens (tertiary/aromatic N) is 4. The van der Waals surface area contributed by atoms with Crippen LogP contribution in [-0.2, 0) is 0 Å². The Morgan fingerprint density at radius 1 is 1.11 bits per heavy atom. The molecule has 0 aliphatic carbocycles. The van der Waals surface area contributed by atoms with E-state index in [4.69, 9.17) is 0 Å². The number of aromatic nitrogens is 2. The van der Waals surface area contributed by atoms with Gasteiger partial charge >= 0.3 is 0 Å². The Kier molecular flexibility index (Phi) is 5.98. The third kappa shape index (κ3) is 5.21. The molecule has 0 saturated carbocycles. The van der Waals surface area contributed by atoms with Crippen molar-refractivity contribution in [3.63, 3.8) is 0 Å². The van der Waals surface area contributed by atoms with E-state index in [1.807, 2.05) is 44.2 Å². The Morgan fingerprint density at radius 2 is 1.85 bits per heavy atom. The Bertz CT molecular complexity index is 1020. The number of nitro groups is 1. The molecular formula is C19H15BrN4O2S. The van der Waals surface area contributed by atoms with Crippen LogP contribution in [0, 0.1) is 24.0 Å². The highest BCUT2D eigenvalue weighted by atomic mass is 79.9. The summed E-state index contributed by atoms with van der Waals surface area (Å²) in [5, 5.41) is 12.0. The fraction of sp³-hybridized carbons (Fsp3) is 0.105. The van der Waals surface area contributed by atoms with Crippen LogP contribution in [0.2, 0.25) is 0 Å². The average molecular weight is 443 g/mol. The lowest BCUT2D eigenvalue weighted by atomic mass is 10.2. The minimum absolute atomic E-state index is 0.000881. The fourth-order valence-corrected chi connectivity index (χ4v) is 3.72. The van der Waals surface area contributed by atoms with Crippen LogP contribution in [0.15, 0.2) is 68.0 Å². The van der Waals surface area contributed by atoms with Crippen molar-refractivity contribution < 1.29 is 4.92 Å². The third-order valence-corrected chi connectivity index (χ3v) is 4.94. The van der Waals surface area contributed by atoms with Gasteiger partial charge in [0.2, 0.25) is 0 Å². The van der Waals surface area contributed by atoms with Crippen molar-refractivity contribution in [3.05, 3.63) is 80.1 Å². The average Bonchev–Trinajstić information content (AvgIpc) is 2.60. The van der Waals surface area contributed by atoms with E-state index in [0.717, 1.165) is 21.5 Å². The van der Waals surface area contributed by atoms with Gasteiger partial charge in [-0.3, -0.25) is 15.1 Å². The van der Waals surface area contributed by atoms with Gasteiger partial charge in [-0.05, 0) is 61.5 Å². The van der Waals surface area contributed by atoms with Crippen LogP contribution in [0.4, 0.5) is 11.4 Å². The molecule has 0 fully saturated rings. The maximum atomic E-state index is 11.5. The molecule has 0 radical (unpaired) electrons. The van der Waals surface area contributed by atoms with Gasteiger partial charge in [0.15, 0.2) is 5.16 Å². The molecule has 0 unspecified atom stereocenters. The molecule has 0 aliphatic heterocycles. The summed E-state index contributed by atoms with van der Waals surface area (Å²) < 4.78 is 0.920. The molecule has 3 rings (SSSR count). The van der Waals surface area contributed by atoms with Gasteiger partial charge in [-0.2, -0.15) is 0 Å². The summed E-state index contributed by atoms with van der Waals surface area (Å²) in [5.41, 5.74) is 3.05. The molecule has 0 amide bonds. The number of aryl methyl sites for hydroxylation is 2. The Morgan fingerprint density at radius 3 is 2.52 bits per heavy atom. The molecule has 0 bridgehead atoms. The zero-order valence-electron chi connectivity index (χ0n) is 14.6. The zero-order chi connectivity index (χ0) is 19.4. The number of halogens is 1. The first-order valence-corrected chi connectivity index (χ1v) is 9.60. The molecular weight excluding hydrogens is 428 g/mol. The van der Waals surface area contributed by atoms with E-state index >= 15 is 0 Å². The summed E-state index contributed by atoms with van der Waals surface area (Å²) >= 11 is 4.57. The molecule has 8 heteroatoms. The van der Waals surface area contributed by atoms with E-state index in [1.165, 1.54) is 17.8 Å². The second-order valence-electron chi connectivity index (χ2n) is 5.76. The Hall–Kier alpha value is -2.58. The standard InChI is InChI=1S/C19H15BrN4O2S/c1-12-8-13(2)23-19(22-12)27-18-7-6-14(9-17(18)24(25)26)11-21-16-5-3-4-15(20)10-16/h3-11H,1-2H3. The molecule has 1 heterocycles. The molecule has 0 N–H and O–H groups in total. The molecule has 6 nitrogen and oxygen atoms in total. The summed E-state index contributed by atoms with van der Waals surface area (Å²) in [6.07, 6.45) is 1.61. The SMILES string of the molecule is Cc1cc(C)nc(Sc2ccc(C=Nc3cccc(Br)c3)cc2[N+](=O)[O-])n1. The highest BCUT2D eigenvalue weighted by molar-refractivity contribution is 9.10. The van der Waals surface area contributed by atoms with Gasteiger partial charge in [0.05, 0.1) is 15.5 Å². The second kappa shape index (κ2) is 8.41. The fourth-order valence-electron chi connectivity index (χ4n) is 2.39. The Labute approximate surface area is 169 Å². The molecule has 27 heavy (non-hydrogen) atoms. The van der Waals surface area contributed by atoms with Crippen LogP contribution >= 0.6 is 27.7 Å². The van der Waals surface area contributed by atoms with Gasteiger partial charge < -0.3 is 0 Å². The monoisotopic (exact) mass is 442 g/mol. The van der Waals surface area contributed by atoms with Gasteiger partial charge in [0, 0.05) is 28.1 Å². The third-order valence-electron chi connectivity index (χ3n) is 3.51. The summed E-state index contributed by atoms with van der Waals surface area (Å²) in [5.74, 6) is 0. The lowest BCUT2D eigenvalue weighted by molar-refractivity contribution is -0.387. The van der Waals surface area contributed by atoms with E-state index < -0.39 is 4.92 Å². The van der Waals surface area contributed by atoms with Crippen LogP contribution in [0.3, 0.4) is 0 Å². The highest BCUT2D eigenvalue weighted by Gasteiger charge is 2.17. The second-order valence-corrected chi connectivity index (χ2v) is 7.68. The van der Waals surface area contributed by atoms with E-state index in [9.17, 15) is 10.1 Å². The lowest BCUT2D eigenvalue weighted by Gasteiger charge is -2.05. The van der Waals surface area contributed by atoms with Gasteiger partial charge in [0.25, 0.3) is 5.69 Å². The van der Waals surface area contributed by atoms with Crippen molar-refractivity contribution in [2.24, 2.45) is 4.99 Å². The lowest BCUT2D eigenvalue weighted by Crippen LogP contribution is -1.96. The van der Waals surface area contributed by atoms with Crippen LogP contribution in [0.25, 0.3) is 0 Å². The number of hydrogen-bond acceptors (Lipinski definition) is 6. The summed E-state index contributed by atoms with van der Waals surface area (Å²) in [6.45, 7) is 3.74. The smallest absolute Gasteiger partial charge is 0.258 e. The topological polar surface area (TPSA) is 81.3 Å². The van der Waals surface area contributed by atoms with E-state index in [2.05, 4.69) is 30.9 Å². The van der Waals surface area contributed by atoms with Crippen LogP contribution in [-0.4, -0.2) is 21.1 Å². The Balaban J connectivity index is 1.89. The van der Waals surface area contributed by atoms with Crippen molar-refractivity contribution in [1.82, 2.24) is 9.97 Å². The number of rotatable bonds is 5. The highest BCUT2D eigenvalue weighted by Crippen LogP contribution is 2.33. The molecule has 0 aliphatic rings. The van der Waals surface area contributed by atoms with Crippen LogP contribution in [0.5, 0.6) is 0 Å². The molecule has 1 aromatic heterocycles. The van der Waals surface area contributed by atoms with Crippen molar-refractivity contribution >= 4 is 45.3 Å². The first-order chi connectivity index (χ1) is 12.9. The first-order valence-electron chi connectivity index (χ1n) is 7.99. The predicted octanol–water partition coefficient (Wildman–Crippen LogP) is 5.67. The molecule has 2 aromatic carbocycles. The van der Waals surface area contributed by atoms with Crippen LogP contribution in [0.1, 0.15) is 17.0 Å².